The van der Waals surface area contributed by atoms with Crippen molar-refractivity contribution in [1.82, 2.24) is 15.5 Å². The fraction of sp³-hybridized carbons (Fsp3) is 0.286. The molecule has 0 radical (unpaired) electrons. The highest BCUT2D eigenvalue weighted by Crippen LogP contribution is 2.16. The lowest BCUT2D eigenvalue weighted by Crippen LogP contribution is -2.28. The number of hydrogen-bond acceptors (Lipinski definition) is 4. The van der Waals surface area contributed by atoms with Gasteiger partial charge in [-0.05, 0) is 25.0 Å². The normalized spacial score (nSPS) is 12.0. The summed E-state index contributed by atoms with van der Waals surface area (Å²) < 4.78 is 5.80. The summed E-state index contributed by atoms with van der Waals surface area (Å²) in [7, 11) is 0. The van der Waals surface area contributed by atoms with E-state index in [2.05, 4.69) is 15.5 Å². The molecule has 0 bridgehead atoms. The van der Waals surface area contributed by atoms with Crippen LogP contribution >= 0.6 is 0 Å². The number of fused-ring (bicyclic) bond motifs is 1. The van der Waals surface area contributed by atoms with Gasteiger partial charge in [-0.1, -0.05) is 48.5 Å². The van der Waals surface area contributed by atoms with Crippen LogP contribution in [0.4, 0.5) is 0 Å². The van der Waals surface area contributed by atoms with Gasteiger partial charge in [-0.15, -0.1) is 0 Å². The Morgan fingerprint density at radius 3 is 2.59 bits per heavy atom. The van der Waals surface area contributed by atoms with Crippen LogP contribution in [0.1, 0.15) is 30.7 Å². The predicted molar refractivity (Wildman–Crippen MR) is 105 cm³/mol. The second-order valence-electron chi connectivity index (χ2n) is 6.35. The number of benzene rings is 2. The molecule has 0 aliphatic rings. The van der Waals surface area contributed by atoms with Crippen molar-refractivity contribution in [3.63, 3.8) is 0 Å². The smallest absolute Gasteiger partial charge is 0.272 e. The number of ether oxygens (including phenoxy) is 1. The van der Waals surface area contributed by atoms with E-state index in [4.69, 9.17) is 4.74 Å². The quantitative estimate of drug-likeness (QED) is 0.601. The molecule has 27 heavy (non-hydrogen) atoms. The van der Waals surface area contributed by atoms with Gasteiger partial charge in [0.25, 0.3) is 5.56 Å². The van der Waals surface area contributed by atoms with Crippen molar-refractivity contribution in [3.8, 4) is 0 Å². The molecule has 2 aromatic carbocycles. The average molecular weight is 365 g/mol. The number of aromatic nitrogens is 2. The lowest BCUT2D eigenvalue weighted by atomic mass is 10.1. The number of nitrogens with one attached hydrogen (secondary N) is 2. The predicted octanol–water partition coefficient (Wildman–Crippen LogP) is 2.75. The van der Waals surface area contributed by atoms with Gasteiger partial charge < -0.3 is 10.1 Å². The molecule has 140 valence electrons. The first-order chi connectivity index (χ1) is 13.1. The van der Waals surface area contributed by atoms with Gasteiger partial charge in [0.15, 0.2) is 0 Å². The Labute approximate surface area is 157 Å². The largest absolute Gasteiger partial charge is 0.374 e. The second kappa shape index (κ2) is 9.09. The van der Waals surface area contributed by atoms with E-state index in [1.54, 1.807) is 18.2 Å². The van der Waals surface area contributed by atoms with E-state index in [1.807, 2.05) is 43.3 Å². The molecule has 1 amide bonds. The maximum absolute atomic E-state index is 12.2. The Balaban J connectivity index is 1.44. The van der Waals surface area contributed by atoms with Crippen LogP contribution in [-0.2, 0) is 16.0 Å². The maximum Gasteiger partial charge on any atom is 0.272 e. The number of carbonyl (C=O) groups excluding carboxylic acids is 1. The van der Waals surface area contributed by atoms with Crippen LogP contribution in [0.15, 0.2) is 59.4 Å². The van der Waals surface area contributed by atoms with Crippen molar-refractivity contribution < 1.29 is 9.53 Å². The SMILES string of the molecule is C[C@@H](OCCCNC(=O)Cc1n[nH]c(=O)c2ccccc12)c1ccccc1. The molecule has 1 heterocycles. The Kier molecular flexibility index (Phi) is 6.33. The minimum absolute atomic E-state index is 0.0265. The van der Waals surface area contributed by atoms with Crippen LogP contribution < -0.4 is 10.9 Å². The molecule has 0 saturated carbocycles. The average Bonchev–Trinajstić information content (AvgIpc) is 2.70. The molecule has 0 unspecified atom stereocenters. The number of hydrogen-bond donors (Lipinski definition) is 2. The third kappa shape index (κ3) is 5.01. The van der Waals surface area contributed by atoms with Crippen LogP contribution in [0, 0.1) is 0 Å². The summed E-state index contributed by atoms with van der Waals surface area (Å²) in [5.74, 6) is -0.129. The minimum Gasteiger partial charge on any atom is -0.374 e. The highest BCUT2D eigenvalue weighted by molar-refractivity contribution is 5.88. The van der Waals surface area contributed by atoms with Gasteiger partial charge in [0, 0.05) is 18.5 Å². The highest BCUT2D eigenvalue weighted by atomic mass is 16.5. The Bertz CT molecular complexity index is 954. The van der Waals surface area contributed by atoms with Gasteiger partial charge in [0.05, 0.1) is 23.6 Å². The zero-order valence-corrected chi connectivity index (χ0v) is 15.3. The van der Waals surface area contributed by atoms with E-state index < -0.39 is 0 Å². The summed E-state index contributed by atoms with van der Waals surface area (Å²) in [4.78, 5) is 24.0. The number of carbonyl (C=O) groups is 1. The third-order valence-electron chi connectivity index (χ3n) is 4.38. The maximum atomic E-state index is 12.2. The third-order valence-corrected chi connectivity index (χ3v) is 4.38. The molecule has 0 saturated heterocycles. The molecule has 0 aliphatic carbocycles. The number of nitrogens with zero attached hydrogens (tertiary/aromatic N) is 1. The summed E-state index contributed by atoms with van der Waals surface area (Å²) >= 11 is 0. The summed E-state index contributed by atoms with van der Waals surface area (Å²) in [5, 5.41) is 10.6. The number of rotatable bonds is 8. The van der Waals surface area contributed by atoms with E-state index in [-0.39, 0.29) is 24.0 Å². The van der Waals surface area contributed by atoms with E-state index in [1.165, 1.54) is 0 Å². The van der Waals surface area contributed by atoms with Gasteiger partial charge in [0.2, 0.25) is 5.91 Å². The van der Waals surface area contributed by atoms with Gasteiger partial charge in [-0.25, -0.2) is 5.10 Å². The monoisotopic (exact) mass is 365 g/mol. The van der Waals surface area contributed by atoms with Crippen LogP contribution in [0.3, 0.4) is 0 Å². The van der Waals surface area contributed by atoms with Crippen LogP contribution in [0.2, 0.25) is 0 Å². The zero-order chi connectivity index (χ0) is 19.1. The molecule has 1 aromatic heterocycles. The van der Waals surface area contributed by atoms with Gasteiger partial charge in [-0.3, -0.25) is 9.59 Å². The van der Waals surface area contributed by atoms with E-state index >= 15 is 0 Å². The topological polar surface area (TPSA) is 84.1 Å². The first kappa shape index (κ1) is 18.8. The highest BCUT2D eigenvalue weighted by Gasteiger charge is 2.10. The molecule has 3 aromatic rings. The van der Waals surface area contributed by atoms with Crippen molar-refractivity contribution in [2.75, 3.05) is 13.2 Å². The standard InChI is InChI=1S/C21H23N3O3/c1-15(16-8-3-2-4-9-16)27-13-7-12-22-20(25)14-19-17-10-5-6-11-18(17)21(26)24-23-19/h2-6,8-11,15H,7,12-14H2,1H3,(H,22,25)(H,24,26)/t15-/m1/s1. The molecule has 0 spiro atoms. The van der Waals surface area contributed by atoms with Crippen molar-refractivity contribution in [2.45, 2.75) is 25.9 Å². The van der Waals surface area contributed by atoms with E-state index in [0.29, 0.717) is 29.6 Å². The number of amides is 1. The van der Waals surface area contributed by atoms with E-state index in [9.17, 15) is 9.59 Å². The van der Waals surface area contributed by atoms with E-state index in [0.717, 1.165) is 12.0 Å². The molecular weight excluding hydrogens is 342 g/mol. The molecule has 2 N–H and O–H groups in total. The lowest BCUT2D eigenvalue weighted by Gasteiger charge is -2.13. The number of aromatic amines is 1. The molecule has 6 heteroatoms. The molecule has 1 atom stereocenters. The van der Waals surface area contributed by atoms with Gasteiger partial charge in [0.1, 0.15) is 0 Å². The molecule has 6 nitrogen and oxygen atoms in total. The summed E-state index contributed by atoms with van der Waals surface area (Å²) in [6.45, 7) is 3.11. The Morgan fingerprint density at radius 2 is 1.81 bits per heavy atom. The van der Waals surface area contributed by atoms with Crippen molar-refractivity contribution >= 4 is 16.7 Å². The van der Waals surface area contributed by atoms with Crippen molar-refractivity contribution in [1.29, 1.82) is 0 Å². The Morgan fingerprint density at radius 1 is 1.11 bits per heavy atom. The molecule has 0 aliphatic heterocycles. The summed E-state index contributed by atoms with van der Waals surface area (Å²) in [6.07, 6.45) is 0.875. The molecular formula is C21H23N3O3. The zero-order valence-electron chi connectivity index (χ0n) is 15.3. The van der Waals surface area contributed by atoms with Crippen molar-refractivity contribution in [2.24, 2.45) is 0 Å². The summed E-state index contributed by atoms with van der Waals surface area (Å²) in [6, 6.07) is 17.2. The fourth-order valence-electron chi connectivity index (χ4n) is 2.90. The molecule has 3 rings (SSSR count). The summed E-state index contributed by atoms with van der Waals surface area (Å²) in [5.41, 5.74) is 1.45. The first-order valence-electron chi connectivity index (χ1n) is 9.04. The minimum atomic E-state index is -0.251. The second-order valence-corrected chi connectivity index (χ2v) is 6.35. The lowest BCUT2D eigenvalue weighted by molar-refractivity contribution is -0.120. The first-order valence-corrected chi connectivity index (χ1v) is 9.04. The molecule has 0 fully saturated rings. The van der Waals surface area contributed by atoms with Crippen molar-refractivity contribution in [3.05, 3.63) is 76.2 Å². The Hall–Kier alpha value is -2.99. The van der Waals surface area contributed by atoms with Crippen LogP contribution in [-0.4, -0.2) is 29.3 Å². The fourth-order valence-corrected chi connectivity index (χ4v) is 2.90. The van der Waals surface area contributed by atoms with Gasteiger partial charge >= 0.3 is 0 Å². The van der Waals surface area contributed by atoms with Crippen LogP contribution in [0.5, 0.6) is 0 Å². The van der Waals surface area contributed by atoms with Gasteiger partial charge in [-0.2, -0.15) is 5.10 Å². The van der Waals surface area contributed by atoms with Crippen LogP contribution in [0.25, 0.3) is 10.8 Å². The number of H-pyrrole nitrogens is 1.